The Hall–Kier alpha value is -1.36. The van der Waals surface area contributed by atoms with E-state index in [2.05, 4.69) is 39.6 Å². The zero-order valence-electron chi connectivity index (χ0n) is 11.5. The fourth-order valence-corrected chi connectivity index (χ4v) is 2.65. The van der Waals surface area contributed by atoms with Crippen molar-refractivity contribution in [3.63, 3.8) is 0 Å². The van der Waals surface area contributed by atoms with Crippen LogP contribution in [0.25, 0.3) is 0 Å². The van der Waals surface area contributed by atoms with E-state index >= 15 is 0 Å². The molecule has 0 saturated carbocycles. The van der Waals surface area contributed by atoms with Crippen molar-refractivity contribution < 1.29 is 4.74 Å². The Morgan fingerprint density at radius 1 is 1.15 bits per heavy atom. The maximum Gasteiger partial charge on any atom is 0.119 e. The van der Waals surface area contributed by atoms with E-state index in [1.807, 2.05) is 30.3 Å². The first-order valence-electron chi connectivity index (χ1n) is 6.55. The van der Waals surface area contributed by atoms with Gasteiger partial charge < -0.3 is 4.74 Å². The molecule has 0 aliphatic rings. The molecule has 106 valence electrons. The first-order valence-corrected chi connectivity index (χ1v) is 7.34. The van der Waals surface area contributed by atoms with Gasteiger partial charge in [-0.3, -0.25) is 11.3 Å². The summed E-state index contributed by atoms with van der Waals surface area (Å²) in [5.74, 6) is 6.57. The predicted octanol–water partition coefficient (Wildman–Crippen LogP) is 3.07. The number of ether oxygens (including phenoxy) is 1. The van der Waals surface area contributed by atoms with Crippen LogP contribution in [0, 0.1) is 0 Å². The molecule has 0 amide bonds. The number of benzene rings is 2. The second kappa shape index (κ2) is 7.43. The Balaban J connectivity index is 2.07. The van der Waals surface area contributed by atoms with Gasteiger partial charge in [0.1, 0.15) is 5.75 Å². The summed E-state index contributed by atoms with van der Waals surface area (Å²) in [5, 5.41) is 0. The lowest BCUT2D eigenvalue weighted by Gasteiger charge is -2.17. The van der Waals surface area contributed by atoms with Crippen LogP contribution in [0.2, 0.25) is 0 Å². The molecule has 2 rings (SSSR count). The Morgan fingerprint density at radius 2 is 1.95 bits per heavy atom. The van der Waals surface area contributed by atoms with Crippen LogP contribution in [0.4, 0.5) is 0 Å². The Morgan fingerprint density at radius 3 is 2.65 bits per heavy atom. The molecule has 0 aliphatic carbocycles. The minimum atomic E-state index is 0.181. The quantitative estimate of drug-likeness (QED) is 0.630. The number of methoxy groups -OCH3 is 1. The van der Waals surface area contributed by atoms with Crippen molar-refractivity contribution in [3.05, 3.63) is 64.1 Å². The van der Waals surface area contributed by atoms with Crippen LogP contribution < -0.4 is 16.0 Å². The van der Waals surface area contributed by atoms with E-state index in [1.54, 1.807) is 7.11 Å². The van der Waals surface area contributed by atoms with Gasteiger partial charge in [0.25, 0.3) is 0 Å². The summed E-state index contributed by atoms with van der Waals surface area (Å²) in [4.78, 5) is 0. The molecular weight excluding hydrogens is 316 g/mol. The summed E-state index contributed by atoms with van der Waals surface area (Å²) in [5.41, 5.74) is 5.36. The lowest BCUT2D eigenvalue weighted by Crippen LogP contribution is -2.38. The first-order chi connectivity index (χ1) is 9.72. The van der Waals surface area contributed by atoms with Crippen molar-refractivity contribution in [2.45, 2.75) is 18.9 Å². The molecule has 2 aromatic rings. The lowest BCUT2D eigenvalue weighted by molar-refractivity contribution is 0.413. The van der Waals surface area contributed by atoms with Crippen molar-refractivity contribution in [1.82, 2.24) is 5.43 Å². The van der Waals surface area contributed by atoms with Crippen molar-refractivity contribution in [1.29, 1.82) is 0 Å². The van der Waals surface area contributed by atoms with Crippen LogP contribution in [0.15, 0.2) is 53.0 Å². The van der Waals surface area contributed by atoms with Crippen molar-refractivity contribution in [2.75, 3.05) is 7.11 Å². The molecule has 0 radical (unpaired) electrons. The van der Waals surface area contributed by atoms with E-state index in [4.69, 9.17) is 10.6 Å². The van der Waals surface area contributed by atoms with Gasteiger partial charge in [-0.25, -0.2) is 0 Å². The molecule has 0 aliphatic heterocycles. The first kappa shape index (κ1) is 15.0. The molecule has 4 heteroatoms. The number of halogens is 1. The van der Waals surface area contributed by atoms with Crippen LogP contribution in [0.3, 0.4) is 0 Å². The standard InChI is InChI=1S/C16H19BrN2O/c1-20-15-7-4-5-12(10-15)9-14(19-18)11-13-6-2-3-8-16(13)17/h2-8,10,14,19H,9,11,18H2,1H3. The Kier molecular flexibility index (Phi) is 5.59. The minimum absolute atomic E-state index is 0.181. The van der Waals surface area contributed by atoms with Gasteiger partial charge in [0, 0.05) is 10.5 Å². The highest BCUT2D eigenvalue weighted by Gasteiger charge is 2.11. The van der Waals surface area contributed by atoms with Gasteiger partial charge >= 0.3 is 0 Å². The molecule has 20 heavy (non-hydrogen) atoms. The fraction of sp³-hybridized carbons (Fsp3) is 0.250. The second-order valence-corrected chi connectivity index (χ2v) is 5.57. The van der Waals surface area contributed by atoms with Gasteiger partial charge in [-0.15, -0.1) is 0 Å². The summed E-state index contributed by atoms with van der Waals surface area (Å²) in [7, 11) is 1.68. The van der Waals surface area contributed by atoms with E-state index in [1.165, 1.54) is 11.1 Å². The third kappa shape index (κ3) is 4.07. The third-order valence-corrected chi connectivity index (χ3v) is 4.05. The van der Waals surface area contributed by atoms with Gasteiger partial charge in [-0.2, -0.15) is 0 Å². The number of rotatable bonds is 6. The van der Waals surface area contributed by atoms with Crippen LogP contribution in [0.1, 0.15) is 11.1 Å². The smallest absolute Gasteiger partial charge is 0.119 e. The van der Waals surface area contributed by atoms with E-state index in [9.17, 15) is 0 Å². The number of hydrazine groups is 1. The summed E-state index contributed by atoms with van der Waals surface area (Å²) in [6.45, 7) is 0. The summed E-state index contributed by atoms with van der Waals surface area (Å²) >= 11 is 3.57. The monoisotopic (exact) mass is 334 g/mol. The normalized spacial score (nSPS) is 12.2. The van der Waals surface area contributed by atoms with Gasteiger partial charge in [-0.1, -0.05) is 46.3 Å². The number of nitrogens with one attached hydrogen (secondary N) is 1. The summed E-state index contributed by atoms with van der Waals surface area (Å²) in [6.07, 6.45) is 1.73. The van der Waals surface area contributed by atoms with Crippen LogP contribution in [0.5, 0.6) is 5.75 Å². The van der Waals surface area contributed by atoms with E-state index in [0.717, 1.165) is 23.1 Å². The molecule has 0 spiro atoms. The maximum atomic E-state index is 5.69. The minimum Gasteiger partial charge on any atom is -0.497 e. The highest BCUT2D eigenvalue weighted by atomic mass is 79.9. The highest BCUT2D eigenvalue weighted by molar-refractivity contribution is 9.10. The lowest BCUT2D eigenvalue weighted by atomic mass is 9.99. The van der Waals surface area contributed by atoms with Gasteiger partial charge in [0.05, 0.1) is 7.11 Å². The molecule has 2 aromatic carbocycles. The van der Waals surface area contributed by atoms with E-state index in [0.29, 0.717) is 0 Å². The highest BCUT2D eigenvalue weighted by Crippen LogP contribution is 2.19. The van der Waals surface area contributed by atoms with Gasteiger partial charge in [-0.05, 0) is 42.2 Å². The van der Waals surface area contributed by atoms with Crippen molar-refractivity contribution in [3.8, 4) is 5.75 Å². The fourth-order valence-electron chi connectivity index (χ4n) is 2.20. The molecule has 1 atom stereocenters. The van der Waals surface area contributed by atoms with Crippen LogP contribution >= 0.6 is 15.9 Å². The molecule has 0 aromatic heterocycles. The zero-order valence-corrected chi connectivity index (χ0v) is 13.1. The summed E-state index contributed by atoms with van der Waals surface area (Å²) in [6, 6.07) is 16.5. The van der Waals surface area contributed by atoms with E-state index < -0.39 is 0 Å². The topological polar surface area (TPSA) is 47.3 Å². The average molecular weight is 335 g/mol. The molecule has 3 nitrogen and oxygen atoms in total. The number of hydrogen-bond acceptors (Lipinski definition) is 3. The molecule has 1 unspecified atom stereocenters. The predicted molar refractivity (Wildman–Crippen MR) is 85.7 cm³/mol. The molecule has 3 N–H and O–H groups in total. The molecule has 0 heterocycles. The molecular formula is C16H19BrN2O. The second-order valence-electron chi connectivity index (χ2n) is 4.71. The average Bonchev–Trinajstić information content (AvgIpc) is 2.49. The molecule has 0 fully saturated rings. The SMILES string of the molecule is COc1cccc(CC(Cc2ccccc2Br)NN)c1. The van der Waals surface area contributed by atoms with E-state index in [-0.39, 0.29) is 6.04 Å². The zero-order chi connectivity index (χ0) is 14.4. The summed E-state index contributed by atoms with van der Waals surface area (Å²) < 4.78 is 6.36. The molecule has 0 saturated heterocycles. The maximum absolute atomic E-state index is 5.69. The Bertz CT molecular complexity index is 560. The van der Waals surface area contributed by atoms with Gasteiger partial charge in [0.2, 0.25) is 0 Å². The molecule has 0 bridgehead atoms. The van der Waals surface area contributed by atoms with Crippen LogP contribution in [-0.4, -0.2) is 13.2 Å². The van der Waals surface area contributed by atoms with Crippen molar-refractivity contribution >= 4 is 15.9 Å². The van der Waals surface area contributed by atoms with Crippen molar-refractivity contribution in [2.24, 2.45) is 5.84 Å². The third-order valence-electron chi connectivity index (χ3n) is 3.28. The largest absolute Gasteiger partial charge is 0.497 e. The number of nitrogens with two attached hydrogens (primary N) is 1. The van der Waals surface area contributed by atoms with Crippen LogP contribution in [-0.2, 0) is 12.8 Å². The van der Waals surface area contributed by atoms with Gasteiger partial charge in [0.15, 0.2) is 0 Å². The Labute approximate surface area is 128 Å². The number of hydrogen-bond donors (Lipinski definition) is 2.